The standard InChI is InChI=1S/C20H24F2N4O4/c1-11(2)9-26(19(28)30-20(3,4)5)25-10-13-7-6-12(8-14(13)18(25)27)16-23-24-17(29-16)15(21)22/h6-8,11,15H,9-10H2,1-5H3. The van der Waals surface area contributed by atoms with E-state index in [4.69, 9.17) is 9.15 Å². The molecule has 2 aromatic rings. The van der Waals surface area contributed by atoms with Gasteiger partial charge >= 0.3 is 12.5 Å². The van der Waals surface area contributed by atoms with Gasteiger partial charge in [0.1, 0.15) is 5.60 Å². The van der Waals surface area contributed by atoms with Gasteiger partial charge in [-0.05, 0) is 44.4 Å². The second-order valence-corrected chi connectivity index (χ2v) is 8.44. The minimum Gasteiger partial charge on any atom is -0.442 e. The largest absolute Gasteiger partial charge is 0.442 e. The molecule has 2 amide bonds. The van der Waals surface area contributed by atoms with Crippen molar-refractivity contribution in [3.63, 3.8) is 0 Å². The molecule has 1 aliphatic rings. The molecule has 0 fully saturated rings. The average molecular weight is 422 g/mol. The molecule has 0 unspecified atom stereocenters. The van der Waals surface area contributed by atoms with E-state index in [2.05, 4.69) is 10.2 Å². The Morgan fingerprint density at radius 3 is 2.57 bits per heavy atom. The van der Waals surface area contributed by atoms with Crippen LogP contribution >= 0.6 is 0 Å². The van der Waals surface area contributed by atoms with E-state index in [9.17, 15) is 18.4 Å². The highest BCUT2D eigenvalue weighted by molar-refractivity contribution is 6.00. The summed E-state index contributed by atoms with van der Waals surface area (Å²) in [5, 5.41) is 9.56. The first kappa shape index (κ1) is 21.7. The van der Waals surface area contributed by atoms with Gasteiger partial charge in [-0.2, -0.15) is 8.78 Å². The van der Waals surface area contributed by atoms with Crippen molar-refractivity contribution in [2.24, 2.45) is 5.92 Å². The van der Waals surface area contributed by atoms with Crippen LogP contribution in [0.15, 0.2) is 22.6 Å². The highest BCUT2D eigenvalue weighted by Crippen LogP contribution is 2.31. The molecule has 0 saturated heterocycles. The molecule has 0 saturated carbocycles. The lowest BCUT2D eigenvalue weighted by Gasteiger charge is -2.34. The number of ether oxygens (including phenoxy) is 1. The number of halogens is 2. The van der Waals surface area contributed by atoms with Gasteiger partial charge in [-0.3, -0.25) is 4.79 Å². The van der Waals surface area contributed by atoms with Crippen LogP contribution in [-0.2, 0) is 11.3 Å². The minimum absolute atomic E-state index is 0.0933. The Bertz CT molecular complexity index is 953. The number of fused-ring (bicyclic) bond motifs is 1. The predicted molar refractivity (Wildman–Crippen MR) is 102 cm³/mol. The number of hydrogen-bond donors (Lipinski definition) is 0. The van der Waals surface area contributed by atoms with Crippen molar-refractivity contribution in [2.75, 3.05) is 6.54 Å². The first-order valence-electron chi connectivity index (χ1n) is 9.53. The van der Waals surface area contributed by atoms with Gasteiger partial charge < -0.3 is 9.15 Å². The van der Waals surface area contributed by atoms with Crippen molar-refractivity contribution in [1.82, 2.24) is 20.2 Å². The van der Waals surface area contributed by atoms with Crippen LogP contribution in [0, 0.1) is 5.92 Å². The second-order valence-electron chi connectivity index (χ2n) is 8.44. The van der Waals surface area contributed by atoms with E-state index in [1.807, 2.05) is 13.8 Å². The monoisotopic (exact) mass is 422 g/mol. The smallest absolute Gasteiger partial charge is 0.429 e. The predicted octanol–water partition coefficient (Wildman–Crippen LogP) is 4.44. The molecule has 10 heteroatoms. The summed E-state index contributed by atoms with van der Waals surface area (Å²) >= 11 is 0. The molecule has 0 radical (unpaired) electrons. The van der Waals surface area contributed by atoms with Crippen LogP contribution in [0.25, 0.3) is 11.5 Å². The molecule has 0 atom stereocenters. The summed E-state index contributed by atoms with van der Waals surface area (Å²) < 4.78 is 35.8. The number of benzene rings is 1. The SMILES string of the molecule is CC(C)CN(C(=O)OC(C)(C)C)N1Cc2ccc(-c3nnc(C(F)F)o3)cc2C1=O. The molecule has 0 aliphatic carbocycles. The van der Waals surface area contributed by atoms with E-state index in [1.54, 1.807) is 32.9 Å². The fraction of sp³-hybridized carbons (Fsp3) is 0.500. The number of alkyl halides is 2. The molecule has 0 spiro atoms. The number of nitrogens with zero attached hydrogens (tertiary/aromatic N) is 4. The maximum atomic E-state index is 13.1. The van der Waals surface area contributed by atoms with E-state index < -0.39 is 29.9 Å². The van der Waals surface area contributed by atoms with E-state index in [1.165, 1.54) is 16.1 Å². The van der Waals surface area contributed by atoms with Crippen molar-refractivity contribution in [3.05, 3.63) is 35.2 Å². The van der Waals surface area contributed by atoms with E-state index in [-0.39, 0.29) is 18.4 Å². The number of carbonyl (C=O) groups excluding carboxylic acids is 2. The summed E-state index contributed by atoms with van der Waals surface area (Å²) in [4.78, 5) is 25.8. The minimum atomic E-state index is -2.88. The summed E-state index contributed by atoms with van der Waals surface area (Å²) in [7, 11) is 0. The van der Waals surface area contributed by atoms with Gasteiger partial charge in [0.05, 0.1) is 6.54 Å². The molecule has 2 heterocycles. The maximum absolute atomic E-state index is 13.1. The maximum Gasteiger partial charge on any atom is 0.429 e. The summed E-state index contributed by atoms with van der Waals surface area (Å²) in [5.41, 5.74) is 0.655. The van der Waals surface area contributed by atoms with Crippen LogP contribution < -0.4 is 0 Å². The number of carbonyl (C=O) groups is 2. The van der Waals surface area contributed by atoms with Gasteiger partial charge in [-0.25, -0.2) is 14.8 Å². The normalized spacial score (nSPS) is 13.9. The summed E-state index contributed by atoms with van der Waals surface area (Å²) in [6.45, 7) is 9.60. The molecule has 162 valence electrons. The van der Waals surface area contributed by atoms with Crippen molar-refractivity contribution in [2.45, 2.75) is 53.2 Å². The number of amides is 2. The molecule has 0 bridgehead atoms. The molecule has 8 nitrogen and oxygen atoms in total. The summed E-state index contributed by atoms with van der Waals surface area (Å²) in [6.07, 6.45) is -3.49. The van der Waals surface area contributed by atoms with Crippen LogP contribution in [0.3, 0.4) is 0 Å². The van der Waals surface area contributed by atoms with Crippen molar-refractivity contribution in [1.29, 1.82) is 0 Å². The number of hydrazine groups is 1. The van der Waals surface area contributed by atoms with Crippen LogP contribution in [0.5, 0.6) is 0 Å². The lowest BCUT2D eigenvalue weighted by atomic mass is 10.1. The van der Waals surface area contributed by atoms with Crippen molar-refractivity contribution < 1.29 is 27.5 Å². The molecule has 1 aromatic heterocycles. The zero-order valence-electron chi connectivity index (χ0n) is 17.5. The van der Waals surface area contributed by atoms with Gasteiger partial charge in [0.25, 0.3) is 11.8 Å². The van der Waals surface area contributed by atoms with Crippen LogP contribution in [0.1, 0.15) is 62.9 Å². The average Bonchev–Trinajstić information content (AvgIpc) is 3.23. The van der Waals surface area contributed by atoms with Crippen molar-refractivity contribution in [3.8, 4) is 11.5 Å². The Morgan fingerprint density at radius 2 is 2.00 bits per heavy atom. The second kappa shape index (κ2) is 8.00. The van der Waals surface area contributed by atoms with Gasteiger partial charge in [0, 0.05) is 17.7 Å². The quantitative estimate of drug-likeness (QED) is 0.708. The van der Waals surface area contributed by atoms with Crippen molar-refractivity contribution >= 4 is 12.0 Å². The topological polar surface area (TPSA) is 88.8 Å². The van der Waals surface area contributed by atoms with E-state index >= 15 is 0 Å². The zero-order chi connectivity index (χ0) is 22.2. The van der Waals surface area contributed by atoms with Crippen LogP contribution in [0.4, 0.5) is 13.6 Å². The van der Waals surface area contributed by atoms with Gasteiger partial charge in [0.15, 0.2) is 0 Å². The Balaban J connectivity index is 1.88. The lowest BCUT2D eigenvalue weighted by Crippen LogP contribution is -2.50. The molecule has 1 aromatic carbocycles. The molecular weight excluding hydrogens is 398 g/mol. The number of aromatic nitrogens is 2. The fourth-order valence-electron chi connectivity index (χ4n) is 2.99. The van der Waals surface area contributed by atoms with Gasteiger partial charge in [0.2, 0.25) is 5.89 Å². The van der Waals surface area contributed by atoms with E-state index in [0.717, 1.165) is 0 Å². The molecule has 3 rings (SSSR count). The number of rotatable bonds is 5. The molecular formula is C20H24F2N4O4. The Hall–Kier alpha value is -3.04. The summed E-state index contributed by atoms with van der Waals surface area (Å²) in [5.74, 6) is -1.19. The van der Waals surface area contributed by atoms with Gasteiger partial charge in [-0.15, -0.1) is 10.2 Å². The fourth-order valence-corrected chi connectivity index (χ4v) is 2.99. The Labute approximate surface area is 172 Å². The highest BCUT2D eigenvalue weighted by Gasteiger charge is 2.37. The van der Waals surface area contributed by atoms with Crippen LogP contribution in [-0.4, -0.2) is 44.4 Å². The highest BCUT2D eigenvalue weighted by atomic mass is 19.3. The third-order valence-corrected chi connectivity index (χ3v) is 4.20. The van der Waals surface area contributed by atoms with E-state index in [0.29, 0.717) is 23.2 Å². The third kappa shape index (κ3) is 4.58. The zero-order valence-corrected chi connectivity index (χ0v) is 17.5. The molecule has 1 aliphatic heterocycles. The Morgan fingerprint density at radius 1 is 1.30 bits per heavy atom. The Kier molecular flexibility index (Phi) is 5.78. The molecule has 30 heavy (non-hydrogen) atoms. The van der Waals surface area contributed by atoms with Gasteiger partial charge in [-0.1, -0.05) is 19.9 Å². The van der Waals surface area contributed by atoms with Crippen LogP contribution in [0.2, 0.25) is 0 Å². The molecule has 0 N–H and O–H groups in total. The first-order chi connectivity index (χ1) is 14.0. The lowest BCUT2D eigenvalue weighted by molar-refractivity contribution is -0.0431. The summed E-state index contributed by atoms with van der Waals surface area (Å²) in [6, 6.07) is 4.79. The third-order valence-electron chi connectivity index (χ3n) is 4.20. The number of hydrogen-bond acceptors (Lipinski definition) is 6. The first-order valence-corrected chi connectivity index (χ1v) is 9.53.